The van der Waals surface area contributed by atoms with E-state index in [1.165, 1.54) is 0 Å². The molecule has 5 nitrogen and oxygen atoms in total. The first-order chi connectivity index (χ1) is 10.4. The summed E-state index contributed by atoms with van der Waals surface area (Å²) < 4.78 is 0. The van der Waals surface area contributed by atoms with E-state index in [0.29, 0.717) is 12.8 Å². The average molecular weight is 312 g/mol. The fraction of sp³-hybridized carbons (Fsp3) is 0.765. The van der Waals surface area contributed by atoms with Crippen molar-refractivity contribution >= 4 is 11.8 Å². The number of carboxylic acids is 1. The van der Waals surface area contributed by atoms with Crippen molar-refractivity contribution in [1.82, 2.24) is 0 Å². The molecule has 126 valence electrons. The van der Waals surface area contributed by atoms with Crippen LogP contribution >= 0.6 is 0 Å². The van der Waals surface area contributed by atoms with Crippen molar-refractivity contribution in [3.63, 3.8) is 0 Å². The fourth-order valence-electron chi connectivity index (χ4n) is 3.38. The van der Waals surface area contributed by atoms with Crippen LogP contribution in [0.25, 0.3) is 0 Å². The van der Waals surface area contributed by atoms with Crippen molar-refractivity contribution < 1.29 is 24.9 Å². The van der Waals surface area contributed by atoms with Crippen LogP contribution in [0.4, 0.5) is 0 Å². The summed E-state index contributed by atoms with van der Waals surface area (Å²) in [5.41, 5.74) is -1.05. The summed E-state index contributed by atoms with van der Waals surface area (Å²) in [7, 11) is 0. The third-order valence-electron chi connectivity index (χ3n) is 4.74. The van der Waals surface area contributed by atoms with Gasteiger partial charge in [0.15, 0.2) is 0 Å². The molecule has 1 saturated carbocycles. The number of ketones is 1. The number of Topliss-reactive ketones (excluding diaryl/α,β-unsaturated/α-hetero) is 1. The molecule has 0 saturated heterocycles. The van der Waals surface area contributed by atoms with Gasteiger partial charge in [0.1, 0.15) is 5.78 Å². The summed E-state index contributed by atoms with van der Waals surface area (Å²) in [6.07, 6.45) is 5.53. The summed E-state index contributed by atoms with van der Waals surface area (Å²) in [6, 6.07) is 0. The quantitative estimate of drug-likeness (QED) is 0.448. The zero-order valence-corrected chi connectivity index (χ0v) is 13.5. The third kappa shape index (κ3) is 4.40. The number of unbranched alkanes of at least 4 members (excludes halogenated alkanes) is 2. The lowest BCUT2D eigenvalue weighted by Crippen LogP contribution is -2.35. The second-order valence-electron chi connectivity index (χ2n) is 6.25. The van der Waals surface area contributed by atoms with Gasteiger partial charge in [0, 0.05) is 17.8 Å². The molecule has 0 unspecified atom stereocenters. The Morgan fingerprint density at radius 1 is 1.41 bits per heavy atom. The maximum absolute atomic E-state index is 12.2. The molecule has 0 aliphatic heterocycles. The molecule has 4 atom stereocenters. The lowest BCUT2D eigenvalue weighted by Gasteiger charge is -2.31. The van der Waals surface area contributed by atoms with E-state index in [9.17, 15) is 19.8 Å². The van der Waals surface area contributed by atoms with Crippen LogP contribution in [0.3, 0.4) is 0 Å². The lowest BCUT2D eigenvalue weighted by atomic mass is 9.71. The van der Waals surface area contributed by atoms with Gasteiger partial charge in [-0.2, -0.15) is 0 Å². The molecule has 0 spiro atoms. The lowest BCUT2D eigenvalue weighted by molar-refractivity contribution is -0.144. The molecular weight excluding hydrogens is 284 g/mol. The first-order valence-electron chi connectivity index (χ1n) is 8.17. The molecule has 0 amide bonds. The first-order valence-corrected chi connectivity index (χ1v) is 8.17. The van der Waals surface area contributed by atoms with E-state index in [4.69, 9.17) is 5.11 Å². The molecule has 5 heteroatoms. The number of hydrogen-bond acceptors (Lipinski definition) is 4. The van der Waals surface area contributed by atoms with E-state index in [1.54, 1.807) is 19.1 Å². The molecule has 0 heterocycles. The Bertz CT molecular complexity index is 417. The van der Waals surface area contributed by atoms with Crippen molar-refractivity contribution in [3.8, 4) is 0 Å². The van der Waals surface area contributed by atoms with Gasteiger partial charge in [-0.3, -0.25) is 9.59 Å². The van der Waals surface area contributed by atoms with Crippen molar-refractivity contribution in [2.45, 2.75) is 71.0 Å². The van der Waals surface area contributed by atoms with E-state index in [0.717, 1.165) is 19.3 Å². The summed E-state index contributed by atoms with van der Waals surface area (Å²) in [4.78, 5) is 23.3. The van der Waals surface area contributed by atoms with Crippen molar-refractivity contribution in [2.24, 2.45) is 11.3 Å². The van der Waals surface area contributed by atoms with Gasteiger partial charge < -0.3 is 15.3 Å². The second-order valence-corrected chi connectivity index (χ2v) is 6.25. The van der Waals surface area contributed by atoms with Crippen molar-refractivity contribution in [1.29, 1.82) is 0 Å². The van der Waals surface area contributed by atoms with Gasteiger partial charge in [-0.1, -0.05) is 45.3 Å². The van der Waals surface area contributed by atoms with Crippen LogP contribution in [0.15, 0.2) is 12.2 Å². The number of hydrogen-bond donors (Lipinski definition) is 3. The summed E-state index contributed by atoms with van der Waals surface area (Å²) in [5, 5.41) is 29.2. The molecule has 0 radical (unpaired) electrons. The zero-order chi connectivity index (χ0) is 16.8. The Morgan fingerprint density at radius 2 is 2.09 bits per heavy atom. The Balaban J connectivity index is 2.83. The van der Waals surface area contributed by atoms with Crippen LogP contribution < -0.4 is 0 Å². The largest absolute Gasteiger partial charge is 0.481 e. The van der Waals surface area contributed by atoms with Crippen molar-refractivity contribution in [2.75, 3.05) is 0 Å². The number of rotatable bonds is 9. The van der Waals surface area contributed by atoms with Crippen LogP contribution in [-0.4, -0.2) is 39.3 Å². The Kier molecular flexibility index (Phi) is 7.23. The summed E-state index contributed by atoms with van der Waals surface area (Å²) >= 11 is 0. The van der Waals surface area contributed by atoms with Gasteiger partial charge in [-0.05, 0) is 12.8 Å². The number of aliphatic carboxylic acids is 1. The number of aliphatic hydroxyl groups is 2. The minimum atomic E-state index is -1.05. The maximum atomic E-state index is 12.2. The highest BCUT2D eigenvalue weighted by Gasteiger charge is 2.53. The second kappa shape index (κ2) is 8.44. The molecular formula is C17H28O5. The number of carboxylic acid groups (broad SMARTS) is 1. The molecule has 1 rings (SSSR count). The van der Waals surface area contributed by atoms with Crippen LogP contribution in [0.2, 0.25) is 0 Å². The third-order valence-corrected chi connectivity index (χ3v) is 4.74. The normalized spacial score (nSPS) is 30.1. The van der Waals surface area contributed by atoms with Gasteiger partial charge in [-0.25, -0.2) is 0 Å². The summed E-state index contributed by atoms with van der Waals surface area (Å²) in [5.74, 6) is -1.77. The number of carbonyl (C=O) groups excluding carboxylic acids is 1. The predicted octanol–water partition coefficient (Wildman–Crippen LogP) is 2.30. The van der Waals surface area contributed by atoms with E-state index < -0.39 is 29.5 Å². The smallest absolute Gasteiger partial charge is 0.304 e. The van der Waals surface area contributed by atoms with E-state index in [1.807, 2.05) is 0 Å². The monoisotopic (exact) mass is 312 g/mol. The van der Waals surface area contributed by atoms with E-state index in [-0.39, 0.29) is 18.6 Å². The van der Waals surface area contributed by atoms with Crippen LogP contribution in [-0.2, 0) is 9.59 Å². The highest BCUT2D eigenvalue weighted by atomic mass is 16.4. The highest BCUT2D eigenvalue weighted by molar-refractivity contribution is 5.91. The molecule has 1 aliphatic carbocycles. The maximum Gasteiger partial charge on any atom is 0.304 e. The Morgan fingerprint density at radius 3 is 2.64 bits per heavy atom. The standard InChI is InChI=1S/C17H28O5/c1-3-5-6-7-12(18)8-9-13-14(19)10-15(20)17(13,4-2)11-16(21)22/h8-9,12-14,18-19H,3-7,10-11H2,1-2H3,(H,21,22)/t12-,13-,14+,17+/m0/s1. The minimum absolute atomic E-state index is 0.0118. The number of carbonyl (C=O) groups is 2. The predicted molar refractivity (Wildman–Crippen MR) is 83.4 cm³/mol. The van der Waals surface area contributed by atoms with Gasteiger partial charge in [-0.15, -0.1) is 0 Å². The highest BCUT2D eigenvalue weighted by Crippen LogP contribution is 2.47. The van der Waals surface area contributed by atoms with Crippen molar-refractivity contribution in [3.05, 3.63) is 12.2 Å². The molecule has 1 fully saturated rings. The molecule has 22 heavy (non-hydrogen) atoms. The molecule has 1 aliphatic rings. The van der Waals surface area contributed by atoms with E-state index >= 15 is 0 Å². The summed E-state index contributed by atoms with van der Waals surface area (Å²) in [6.45, 7) is 3.86. The molecule has 3 N–H and O–H groups in total. The van der Waals surface area contributed by atoms with Gasteiger partial charge in [0.25, 0.3) is 0 Å². The fourth-order valence-corrected chi connectivity index (χ4v) is 3.38. The zero-order valence-electron chi connectivity index (χ0n) is 13.5. The van der Waals surface area contributed by atoms with E-state index in [2.05, 4.69) is 6.92 Å². The van der Waals surface area contributed by atoms with Crippen LogP contribution in [0.1, 0.15) is 58.8 Å². The van der Waals surface area contributed by atoms with Gasteiger partial charge >= 0.3 is 5.97 Å². The Hall–Kier alpha value is -1.20. The molecule has 0 bridgehead atoms. The number of aliphatic hydroxyl groups excluding tert-OH is 2. The molecule has 0 aromatic carbocycles. The Labute approximate surface area is 132 Å². The SMILES string of the molecule is CCCCC[C@H](O)C=C[C@H]1[C@H](O)CC(=O)[C@]1(CC)CC(=O)O. The topological polar surface area (TPSA) is 94.8 Å². The first kappa shape index (κ1) is 18.8. The van der Waals surface area contributed by atoms with Gasteiger partial charge in [0.05, 0.1) is 18.6 Å². The molecule has 0 aromatic heterocycles. The minimum Gasteiger partial charge on any atom is -0.481 e. The van der Waals surface area contributed by atoms with Crippen LogP contribution in [0.5, 0.6) is 0 Å². The average Bonchev–Trinajstić information content (AvgIpc) is 2.67. The van der Waals surface area contributed by atoms with Gasteiger partial charge in [0.2, 0.25) is 0 Å². The molecule has 0 aromatic rings. The van der Waals surface area contributed by atoms with Crippen LogP contribution in [0, 0.1) is 11.3 Å².